The van der Waals surface area contributed by atoms with Gasteiger partial charge in [0.1, 0.15) is 16.7 Å². The Morgan fingerprint density at radius 1 is 0.528 bits per heavy atom. The SMILES string of the molecule is [Cl][Pd+].[c-]1c(NP(N2CCCCC2)N2CCCCC2)cccc1NP(N1CCCCC1)N1CCCCC1. The zero-order valence-corrected chi connectivity index (χ0v) is 25.9. The predicted molar refractivity (Wildman–Crippen MR) is 154 cm³/mol. The van der Waals surface area contributed by atoms with Crippen LogP contribution in [0, 0.1) is 6.07 Å². The summed E-state index contributed by atoms with van der Waals surface area (Å²) in [6.07, 6.45) is 16.3. The van der Waals surface area contributed by atoms with Gasteiger partial charge in [-0.05, 0) is 51.4 Å². The third kappa shape index (κ3) is 8.74. The van der Waals surface area contributed by atoms with E-state index in [1.165, 1.54) is 141 Å². The Morgan fingerprint density at radius 2 is 0.806 bits per heavy atom. The molecule has 0 bridgehead atoms. The van der Waals surface area contributed by atoms with Gasteiger partial charge in [0, 0.05) is 52.4 Å². The average Bonchev–Trinajstić information content (AvgIpc) is 2.98. The molecule has 1 aromatic rings. The predicted octanol–water partition coefficient (Wildman–Crippen LogP) is 7.39. The molecule has 0 saturated carbocycles. The zero-order chi connectivity index (χ0) is 25.0. The molecule has 1 aromatic carbocycles. The van der Waals surface area contributed by atoms with Crippen LogP contribution >= 0.6 is 26.3 Å². The smallest absolute Gasteiger partial charge is 0.144 e. The number of halogens is 1. The maximum Gasteiger partial charge on any atom is 0.144 e. The fourth-order valence-corrected chi connectivity index (χ4v) is 10.3. The van der Waals surface area contributed by atoms with E-state index < -0.39 is 16.7 Å². The van der Waals surface area contributed by atoms with Crippen molar-refractivity contribution < 1.29 is 18.2 Å². The monoisotopic (exact) mass is 644 g/mol. The molecular formula is C26H45ClN6P2Pd. The van der Waals surface area contributed by atoms with Gasteiger partial charge in [0.15, 0.2) is 0 Å². The minimum atomic E-state index is -0.488. The average molecular weight is 646 g/mol. The van der Waals surface area contributed by atoms with Crippen LogP contribution in [0.15, 0.2) is 18.2 Å². The Hall–Kier alpha value is 0.472. The van der Waals surface area contributed by atoms with Gasteiger partial charge in [-0.25, -0.2) is 0 Å². The summed E-state index contributed by atoms with van der Waals surface area (Å²) in [5, 5.41) is 7.98. The third-order valence-corrected chi connectivity index (χ3v) is 12.3. The van der Waals surface area contributed by atoms with Crippen LogP contribution < -0.4 is 10.2 Å². The van der Waals surface area contributed by atoms with Crippen LogP contribution in [0.1, 0.15) is 77.0 Å². The van der Waals surface area contributed by atoms with E-state index in [0.29, 0.717) is 0 Å². The number of anilines is 2. The number of nitrogens with zero attached hydrogens (tertiary/aromatic N) is 4. The number of rotatable bonds is 8. The normalized spacial score (nSPS) is 23.4. The molecule has 4 aliphatic heterocycles. The molecular weight excluding hydrogens is 600 g/mol. The van der Waals surface area contributed by atoms with Gasteiger partial charge >= 0.3 is 27.7 Å². The number of piperidine rings is 4. The van der Waals surface area contributed by atoms with E-state index in [4.69, 9.17) is 0 Å². The van der Waals surface area contributed by atoms with Crippen molar-refractivity contribution in [2.45, 2.75) is 77.0 Å². The molecule has 0 radical (unpaired) electrons. The molecule has 4 saturated heterocycles. The fourth-order valence-electron chi connectivity index (χ4n) is 5.72. The first-order valence-corrected chi connectivity index (χ1v) is 18.6. The van der Waals surface area contributed by atoms with Gasteiger partial charge in [-0.15, -0.1) is 18.2 Å². The van der Waals surface area contributed by atoms with Gasteiger partial charge in [0.2, 0.25) is 0 Å². The van der Waals surface area contributed by atoms with Gasteiger partial charge in [0.05, 0.1) is 0 Å². The Morgan fingerprint density at radius 3 is 1.08 bits per heavy atom. The van der Waals surface area contributed by atoms with Crippen LogP contribution in [-0.4, -0.2) is 71.0 Å². The van der Waals surface area contributed by atoms with Crippen molar-refractivity contribution in [3.63, 3.8) is 0 Å². The van der Waals surface area contributed by atoms with Gasteiger partial charge in [0.25, 0.3) is 0 Å². The van der Waals surface area contributed by atoms with Crippen LogP contribution in [0.2, 0.25) is 0 Å². The van der Waals surface area contributed by atoms with E-state index in [9.17, 15) is 0 Å². The molecule has 4 aliphatic rings. The number of hydrogen-bond acceptors (Lipinski definition) is 6. The van der Waals surface area contributed by atoms with Crippen LogP contribution in [-0.2, 0) is 18.2 Å². The van der Waals surface area contributed by atoms with Gasteiger partial charge < -0.3 is 10.2 Å². The molecule has 10 heteroatoms. The van der Waals surface area contributed by atoms with E-state index in [0.717, 1.165) is 0 Å². The van der Waals surface area contributed by atoms with Crippen molar-refractivity contribution in [2.24, 2.45) is 0 Å². The molecule has 0 amide bonds. The van der Waals surface area contributed by atoms with Crippen molar-refractivity contribution in [1.82, 2.24) is 18.7 Å². The van der Waals surface area contributed by atoms with Gasteiger partial charge in [-0.1, -0.05) is 37.1 Å². The van der Waals surface area contributed by atoms with Gasteiger partial charge in [-0.3, -0.25) is 18.7 Å². The fraction of sp³-hybridized carbons (Fsp3) is 0.769. The van der Waals surface area contributed by atoms with E-state index in [-0.39, 0.29) is 0 Å². The molecule has 2 N–H and O–H groups in total. The van der Waals surface area contributed by atoms with E-state index >= 15 is 0 Å². The molecule has 0 spiro atoms. The first-order valence-electron chi connectivity index (χ1n) is 14.1. The summed E-state index contributed by atoms with van der Waals surface area (Å²) >= 11 is 2.22. The molecule has 0 aliphatic carbocycles. The molecule has 0 aromatic heterocycles. The topological polar surface area (TPSA) is 37.0 Å². The first kappa shape index (κ1) is 29.5. The summed E-state index contributed by atoms with van der Waals surface area (Å²) in [5.74, 6) is 0. The summed E-state index contributed by atoms with van der Waals surface area (Å²) in [6, 6.07) is 10.5. The minimum Gasteiger partial charge on any atom is -0.363 e. The Bertz CT molecular complexity index is 648. The molecule has 0 unspecified atom stereocenters. The second-order valence-corrected chi connectivity index (χ2v) is 14.2. The summed E-state index contributed by atoms with van der Waals surface area (Å²) in [7, 11) is 3.51. The standard InChI is InChI=1S/C26H45N6P2.ClH.Pd/c1-5-16-29(17-6-1)33(30-18-7-2-8-19-30)27-25-14-13-15-26(24-25)28-34(31-20-9-3-10-21-31)32-22-11-4-12-23-32;;/h13-15,27-28H,1-12,16-23H2;1H;/q-1;;+2/p-1. The largest absolute Gasteiger partial charge is 0.363 e. The van der Waals surface area contributed by atoms with Crippen LogP contribution in [0.3, 0.4) is 0 Å². The Labute approximate surface area is 237 Å². The minimum absolute atomic E-state index is 0.488. The van der Waals surface area contributed by atoms with E-state index in [2.05, 4.69) is 80.8 Å². The zero-order valence-electron chi connectivity index (χ0n) is 21.8. The summed E-state index contributed by atoms with van der Waals surface area (Å²) in [6.45, 7) is 9.91. The van der Waals surface area contributed by atoms with Crippen LogP contribution in [0.5, 0.6) is 0 Å². The summed E-state index contributed by atoms with van der Waals surface area (Å²) in [5.41, 5.74) is 2.33. The van der Waals surface area contributed by atoms with Crippen molar-refractivity contribution in [1.29, 1.82) is 0 Å². The van der Waals surface area contributed by atoms with Crippen molar-refractivity contribution >= 4 is 37.7 Å². The van der Waals surface area contributed by atoms with Gasteiger partial charge in [-0.2, -0.15) is 6.07 Å². The van der Waals surface area contributed by atoms with E-state index in [1.807, 2.05) is 0 Å². The molecule has 4 heterocycles. The molecule has 4 fully saturated rings. The maximum absolute atomic E-state index is 4.49. The first-order chi connectivity index (χ1) is 17.9. The second kappa shape index (κ2) is 16.5. The van der Waals surface area contributed by atoms with Crippen LogP contribution in [0.4, 0.5) is 11.4 Å². The number of hydrogen-bond donors (Lipinski definition) is 2. The van der Waals surface area contributed by atoms with E-state index in [1.54, 1.807) is 0 Å². The van der Waals surface area contributed by atoms with Crippen molar-refractivity contribution in [2.75, 3.05) is 62.5 Å². The Balaban J connectivity index is 0.00000148. The maximum atomic E-state index is 4.49. The molecule has 206 valence electrons. The number of benzene rings is 1. The molecule has 6 nitrogen and oxygen atoms in total. The molecule has 36 heavy (non-hydrogen) atoms. The second-order valence-electron chi connectivity index (χ2n) is 10.3. The molecule has 0 atom stereocenters. The summed E-state index contributed by atoms with van der Waals surface area (Å²) < 4.78 is 11.0. The van der Waals surface area contributed by atoms with Crippen molar-refractivity contribution in [3.05, 3.63) is 24.3 Å². The quantitative estimate of drug-likeness (QED) is 0.175. The Kier molecular flexibility index (Phi) is 13.5. The third-order valence-electron chi connectivity index (χ3n) is 7.64. The summed E-state index contributed by atoms with van der Waals surface area (Å²) in [4.78, 5) is 0. The molecule has 5 rings (SSSR count). The van der Waals surface area contributed by atoms with Crippen molar-refractivity contribution in [3.8, 4) is 0 Å². The van der Waals surface area contributed by atoms with Crippen LogP contribution in [0.25, 0.3) is 0 Å². The number of nitrogens with one attached hydrogen (secondary N) is 2.